The predicted molar refractivity (Wildman–Crippen MR) is 128 cm³/mol. The third kappa shape index (κ3) is 4.74. The molecule has 0 amide bonds. The molecule has 2 atom stereocenters. The molecule has 3 aromatic rings. The van der Waals surface area contributed by atoms with Gasteiger partial charge in [-0.3, -0.25) is 4.72 Å². The number of hydrogen-bond acceptors (Lipinski definition) is 6. The lowest BCUT2D eigenvalue weighted by Crippen LogP contribution is -2.54. The number of thiophene rings is 1. The molecule has 1 aliphatic heterocycles. The van der Waals surface area contributed by atoms with E-state index in [4.69, 9.17) is 4.74 Å². The lowest BCUT2D eigenvalue weighted by atomic mass is 10.1. The van der Waals surface area contributed by atoms with Gasteiger partial charge in [-0.15, -0.1) is 11.3 Å². The zero-order valence-electron chi connectivity index (χ0n) is 18.1. The molecule has 1 aromatic heterocycles. The van der Waals surface area contributed by atoms with E-state index in [0.29, 0.717) is 0 Å². The lowest BCUT2D eigenvalue weighted by molar-refractivity contribution is 0.403. The molecule has 1 fully saturated rings. The molecule has 1 aliphatic rings. The van der Waals surface area contributed by atoms with Gasteiger partial charge in [-0.25, -0.2) is 12.8 Å². The van der Waals surface area contributed by atoms with Crippen LogP contribution >= 0.6 is 11.3 Å². The smallest absolute Gasteiger partial charge is 0.265 e. The summed E-state index contributed by atoms with van der Waals surface area (Å²) < 4.78 is 48.6. The number of sulfonamides is 1. The number of ether oxygens (including phenoxy) is 1. The number of hydrogen-bond donors (Lipinski definition) is 2. The van der Waals surface area contributed by atoms with Crippen LogP contribution in [0.1, 0.15) is 13.8 Å². The first-order chi connectivity index (χ1) is 15.3. The highest BCUT2D eigenvalue weighted by Gasteiger charge is 2.24. The first-order valence-electron chi connectivity index (χ1n) is 10.3. The van der Waals surface area contributed by atoms with Gasteiger partial charge in [0.2, 0.25) is 0 Å². The number of nitrogens with zero attached hydrogens (tertiary/aromatic N) is 1. The third-order valence-electron chi connectivity index (χ3n) is 5.38. The fourth-order valence-electron chi connectivity index (χ4n) is 4.01. The Labute approximate surface area is 192 Å². The van der Waals surface area contributed by atoms with Crippen LogP contribution in [0.4, 0.5) is 15.8 Å². The van der Waals surface area contributed by atoms with Crippen LogP contribution in [0.2, 0.25) is 0 Å². The molecule has 2 heterocycles. The molecule has 2 aromatic carbocycles. The van der Waals surface area contributed by atoms with Gasteiger partial charge in [-0.05, 0) is 61.2 Å². The van der Waals surface area contributed by atoms with Gasteiger partial charge in [0.1, 0.15) is 16.5 Å². The Hall–Kier alpha value is -2.62. The Bertz CT molecular complexity index is 1190. The minimum Gasteiger partial charge on any atom is -0.495 e. The minimum absolute atomic E-state index is 0.0467. The second-order valence-electron chi connectivity index (χ2n) is 7.99. The second kappa shape index (κ2) is 9.09. The van der Waals surface area contributed by atoms with Crippen molar-refractivity contribution in [2.24, 2.45) is 0 Å². The molecule has 9 heteroatoms. The van der Waals surface area contributed by atoms with E-state index >= 15 is 0 Å². The van der Waals surface area contributed by atoms with Crippen molar-refractivity contribution >= 4 is 32.7 Å². The van der Waals surface area contributed by atoms with E-state index in [1.54, 1.807) is 35.6 Å². The third-order valence-corrected chi connectivity index (χ3v) is 7.70. The molecular formula is C23H26FN3O3S2. The highest BCUT2D eigenvalue weighted by Crippen LogP contribution is 2.34. The number of rotatable bonds is 6. The van der Waals surface area contributed by atoms with Crippen molar-refractivity contribution in [3.05, 3.63) is 59.7 Å². The number of benzene rings is 2. The van der Waals surface area contributed by atoms with Gasteiger partial charge < -0.3 is 15.0 Å². The summed E-state index contributed by atoms with van der Waals surface area (Å²) in [6.07, 6.45) is 0. The molecular weight excluding hydrogens is 449 g/mol. The summed E-state index contributed by atoms with van der Waals surface area (Å²) in [5.41, 5.74) is 1.53. The number of methoxy groups -OCH3 is 1. The normalized spacial score (nSPS) is 19.1. The number of anilines is 2. The van der Waals surface area contributed by atoms with Crippen molar-refractivity contribution < 1.29 is 17.5 Å². The average Bonchev–Trinajstić information content (AvgIpc) is 3.29. The van der Waals surface area contributed by atoms with Crippen molar-refractivity contribution in [2.75, 3.05) is 29.8 Å². The summed E-state index contributed by atoms with van der Waals surface area (Å²) >= 11 is 1.55. The average molecular weight is 476 g/mol. The van der Waals surface area contributed by atoms with Gasteiger partial charge in [-0.2, -0.15) is 0 Å². The molecule has 0 spiro atoms. The number of piperazine rings is 1. The van der Waals surface area contributed by atoms with Crippen LogP contribution in [0.5, 0.6) is 5.75 Å². The Balaban J connectivity index is 1.63. The van der Waals surface area contributed by atoms with E-state index in [-0.39, 0.29) is 28.4 Å². The molecule has 0 radical (unpaired) electrons. The summed E-state index contributed by atoms with van der Waals surface area (Å²) in [7, 11) is -2.66. The van der Waals surface area contributed by atoms with Crippen LogP contribution in [0.25, 0.3) is 10.4 Å². The molecule has 170 valence electrons. The van der Waals surface area contributed by atoms with E-state index in [1.165, 1.54) is 19.2 Å². The zero-order chi connectivity index (χ0) is 22.9. The van der Waals surface area contributed by atoms with Crippen LogP contribution in [0.15, 0.2) is 58.8 Å². The second-order valence-corrected chi connectivity index (χ2v) is 10.6. The largest absolute Gasteiger partial charge is 0.495 e. The van der Waals surface area contributed by atoms with Crippen LogP contribution in [-0.4, -0.2) is 40.7 Å². The molecule has 2 N–H and O–H groups in total. The van der Waals surface area contributed by atoms with Crippen molar-refractivity contribution in [3.8, 4) is 16.2 Å². The number of halogens is 1. The van der Waals surface area contributed by atoms with Crippen molar-refractivity contribution in [1.82, 2.24) is 5.32 Å². The SMILES string of the molecule is COc1cc(-c2cccs2)ccc1S(=O)(=O)Nc1cc(N2CC(C)NC(C)C2)ccc1F. The fourth-order valence-corrected chi connectivity index (χ4v) is 5.95. The minimum atomic E-state index is -4.08. The summed E-state index contributed by atoms with van der Waals surface area (Å²) in [6.45, 7) is 5.67. The van der Waals surface area contributed by atoms with E-state index in [0.717, 1.165) is 29.2 Å². The highest BCUT2D eigenvalue weighted by molar-refractivity contribution is 7.92. The van der Waals surface area contributed by atoms with Gasteiger partial charge in [-0.1, -0.05) is 12.1 Å². The molecule has 32 heavy (non-hydrogen) atoms. The summed E-state index contributed by atoms with van der Waals surface area (Å²) in [6, 6.07) is 13.8. The van der Waals surface area contributed by atoms with Gasteiger partial charge in [0, 0.05) is 35.7 Å². The molecule has 0 saturated carbocycles. The standard InChI is InChI=1S/C23H26FN3O3S2/c1-15-13-27(14-16(2)25-15)18-7-8-19(24)20(12-18)26-32(28,29)23-9-6-17(11-21(23)30-3)22-5-4-10-31-22/h4-12,15-16,25-26H,13-14H2,1-3H3. The Morgan fingerprint density at radius 3 is 2.53 bits per heavy atom. The van der Waals surface area contributed by atoms with Crippen molar-refractivity contribution in [3.63, 3.8) is 0 Å². The molecule has 2 unspecified atom stereocenters. The maximum Gasteiger partial charge on any atom is 0.265 e. The summed E-state index contributed by atoms with van der Waals surface area (Å²) in [5, 5.41) is 5.40. The monoisotopic (exact) mass is 475 g/mol. The maximum atomic E-state index is 14.6. The van der Waals surface area contributed by atoms with Crippen LogP contribution in [0.3, 0.4) is 0 Å². The topological polar surface area (TPSA) is 70.7 Å². The quantitative estimate of drug-likeness (QED) is 0.547. The van der Waals surface area contributed by atoms with E-state index in [2.05, 4.69) is 28.8 Å². The Morgan fingerprint density at radius 1 is 1.12 bits per heavy atom. The molecule has 0 bridgehead atoms. The van der Waals surface area contributed by atoms with Crippen LogP contribution in [-0.2, 0) is 10.0 Å². The maximum absolute atomic E-state index is 14.6. The zero-order valence-corrected chi connectivity index (χ0v) is 19.8. The number of nitrogens with one attached hydrogen (secondary N) is 2. The summed E-state index contributed by atoms with van der Waals surface area (Å²) in [4.78, 5) is 3.08. The molecule has 1 saturated heterocycles. The molecule has 4 rings (SSSR count). The van der Waals surface area contributed by atoms with Crippen molar-refractivity contribution in [2.45, 2.75) is 30.8 Å². The Kier molecular flexibility index (Phi) is 6.41. The first-order valence-corrected chi connectivity index (χ1v) is 12.7. The van der Waals surface area contributed by atoms with Crippen LogP contribution < -0.4 is 19.7 Å². The predicted octanol–water partition coefficient (Wildman–Crippen LogP) is 4.55. The van der Waals surface area contributed by atoms with E-state index in [9.17, 15) is 12.8 Å². The highest BCUT2D eigenvalue weighted by atomic mass is 32.2. The van der Waals surface area contributed by atoms with Crippen LogP contribution in [0, 0.1) is 5.82 Å². The lowest BCUT2D eigenvalue weighted by Gasteiger charge is -2.37. The van der Waals surface area contributed by atoms with Gasteiger partial charge >= 0.3 is 0 Å². The van der Waals surface area contributed by atoms with E-state index in [1.807, 2.05) is 17.5 Å². The molecule has 0 aliphatic carbocycles. The van der Waals surface area contributed by atoms with Gasteiger partial charge in [0.25, 0.3) is 10.0 Å². The summed E-state index contributed by atoms with van der Waals surface area (Å²) in [5.74, 6) is -0.438. The van der Waals surface area contributed by atoms with Gasteiger partial charge in [0.15, 0.2) is 0 Å². The first kappa shape index (κ1) is 22.6. The van der Waals surface area contributed by atoms with Crippen molar-refractivity contribution in [1.29, 1.82) is 0 Å². The fraction of sp³-hybridized carbons (Fsp3) is 0.304. The molecule has 6 nitrogen and oxygen atoms in total. The van der Waals surface area contributed by atoms with Gasteiger partial charge in [0.05, 0.1) is 12.8 Å². The Morgan fingerprint density at radius 2 is 1.88 bits per heavy atom. The van der Waals surface area contributed by atoms with E-state index < -0.39 is 15.8 Å².